The van der Waals surface area contributed by atoms with Crippen LogP contribution in [-0.4, -0.2) is 44.5 Å². The van der Waals surface area contributed by atoms with Gasteiger partial charge in [-0.2, -0.15) is 4.37 Å². The van der Waals surface area contributed by atoms with Crippen LogP contribution in [0.25, 0.3) is 0 Å². The Hall–Kier alpha value is -1.76. The first-order chi connectivity index (χ1) is 10.8. The van der Waals surface area contributed by atoms with Crippen molar-refractivity contribution in [2.24, 2.45) is 0 Å². The van der Waals surface area contributed by atoms with Crippen molar-refractivity contribution in [2.75, 3.05) is 22.9 Å². The Morgan fingerprint density at radius 2 is 1.95 bits per heavy atom. The molecule has 1 saturated carbocycles. The molecule has 116 valence electrons. The molecule has 7 heteroatoms. The van der Waals surface area contributed by atoms with Gasteiger partial charge in [0.05, 0.1) is 0 Å². The van der Waals surface area contributed by atoms with Gasteiger partial charge in [0.1, 0.15) is 18.0 Å². The third-order valence-corrected chi connectivity index (χ3v) is 5.28. The number of aromatic nitrogens is 4. The molecule has 0 aromatic carbocycles. The highest BCUT2D eigenvalue weighted by atomic mass is 32.1. The Kier molecular flexibility index (Phi) is 3.65. The molecule has 0 radical (unpaired) electrons. The summed E-state index contributed by atoms with van der Waals surface area (Å²) in [4.78, 5) is 17.9. The van der Waals surface area contributed by atoms with Gasteiger partial charge >= 0.3 is 0 Å². The van der Waals surface area contributed by atoms with Crippen LogP contribution in [0.1, 0.15) is 31.5 Å². The van der Waals surface area contributed by atoms with Gasteiger partial charge in [-0.1, -0.05) is 0 Å². The summed E-state index contributed by atoms with van der Waals surface area (Å²) in [7, 11) is 0. The molecule has 0 amide bonds. The van der Waals surface area contributed by atoms with Gasteiger partial charge in [0.15, 0.2) is 0 Å². The Labute approximate surface area is 134 Å². The van der Waals surface area contributed by atoms with Crippen LogP contribution in [0, 0.1) is 6.92 Å². The van der Waals surface area contributed by atoms with Gasteiger partial charge in [-0.3, -0.25) is 0 Å². The fourth-order valence-electron chi connectivity index (χ4n) is 3.21. The van der Waals surface area contributed by atoms with Crippen LogP contribution < -0.4 is 9.80 Å². The molecule has 6 nitrogen and oxygen atoms in total. The molecule has 0 N–H and O–H groups in total. The minimum absolute atomic E-state index is 0.577. The van der Waals surface area contributed by atoms with Gasteiger partial charge in [0, 0.05) is 42.9 Å². The number of rotatable bonds is 4. The van der Waals surface area contributed by atoms with E-state index in [9.17, 15) is 0 Å². The lowest BCUT2D eigenvalue weighted by molar-refractivity contribution is 0.459. The summed E-state index contributed by atoms with van der Waals surface area (Å²) in [6, 6.07) is 3.29. The minimum atomic E-state index is 0.577. The number of hydrogen-bond acceptors (Lipinski definition) is 7. The predicted molar refractivity (Wildman–Crippen MR) is 87.4 cm³/mol. The first kappa shape index (κ1) is 13.9. The van der Waals surface area contributed by atoms with Crippen molar-refractivity contribution in [3.8, 4) is 0 Å². The zero-order valence-corrected chi connectivity index (χ0v) is 13.5. The minimum Gasteiger partial charge on any atom is -0.350 e. The van der Waals surface area contributed by atoms with E-state index in [2.05, 4.69) is 29.1 Å². The molecular weight excluding hydrogens is 296 g/mol. The molecule has 2 aromatic rings. The second kappa shape index (κ2) is 5.79. The topological polar surface area (TPSA) is 58.0 Å². The molecule has 0 spiro atoms. The number of hydrogen-bond donors (Lipinski definition) is 0. The lowest BCUT2D eigenvalue weighted by Gasteiger charge is -2.39. The van der Waals surface area contributed by atoms with Crippen molar-refractivity contribution in [2.45, 2.75) is 44.7 Å². The van der Waals surface area contributed by atoms with Crippen LogP contribution in [-0.2, 0) is 0 Å². The number of aryl methyl sites for hydroxylation is 1. The lowest BCUT2D eigenvalue weighted by atomic mass is 10.0. The SMILES string of the molecule is Cc1nsc(N2CCC(N(c3ccncn3)C3CC3)CC2)n1. The second-order valence-corrected chi connectivity index (χ2v) is 6.78. The number of nitrogens with zero attached hydrogens (tertiary/aromatic N) is 6. The monoisotopic (exact) mass is 316 g/mol. The Balaban J connectivity index is 1.45. The quantitative estimate of drug-likeness (QED) is 0.862. The molecule has 2 fully saturated rings. The van der Waals surface area contributed by atoms with Crippen molar-refractivity contribution in [3.63, 3.8) is 0 Å². The molecule has 0 unspecified atom stereocenters. The summed E-state index contributed by atoms with van der Waals surface area (Å²) in [5.74, 6) is 1.96. The fourth-order valence-corrected chi connectivity index (χ4v) is 3.94. The Bertz CT molecular complexity index is 618. The molecule has 4 rings (SSSR count). The Morgan fingerprint density at radius 1 is 1.18 bits per heavy atom. The summed E-state index contributed by atoms with van der Waals surface area (Å²) in [6.45, 7) is 4.05. The highest BCUT2D eigenvalue weighted by molar-refractivity contribution is 7.09. The fraction of sp³-hybridized carbons (Fsp3) is 0.600. The zero-order valence-electron chi connectivity index (χ0n) is 12.7. The maximum absolute atomic E-state index is 4.51. The summed E-state index contributed by atoms with van der Waals surface area (Å²) in [5.41, 5.74) is 0. The van der Waals surface area contributed by atoms with Crippen LogP contribution >= 0.6 is 11.5 Å². The molecule has 2 aliphatic rings. The molecule has 2 aromatic heterocycles. The van der Waals surface area contributed by atoms with E-state index in [0.717, 1.165) is 42.7 Å². The highest BCUT2D eigenvalue weighted by Gasteiger charge is 2.36. The zero-order chi connectivity index (χ0) is 14.9. The third-order valence-electron chi connectivity index (χ3n) is 4.42. The number of anilines is 2. The summed E-state index contributed by atoms with van der Waals surface area (Å²) in [5, 5.41) is 1.07. The lowest BCUT2D eigenvalue weighted by Crippen LogP contribution is -2.46. The van der Waals surface area contributed by atoms with E-state index in [-0.39, 0.29) is 0 Å². The smallest absolute Gasteiger partial charge is 0.205 e. The average molecular weight is 316 g/mol. The maximum Gasteiger partial charge on any atom is 0.205 e. The van der Waals surface area contributed by atoms with E-state index in [0.29, 0.717) is 12.1 Å². The van der Waals surface area contributed by atoms with E-state index in [1.165, 1.54) is 24.4 Å². The van der Waals surface area contributed by atoms with Crippen LogP contribution in [0.15, 0.2) is 18.6 Å². The molecular formula is C15H20N6S. The van der Waals surface area contributed by atoms with Crippen molar-refractivity contribution in [1.29, 1.82) is 0 Å². The van der Waals surface area contributed by atoms with Gasteiger partial charge in [-0.15, -0.1) is 0 Å². The van der Waals surface area contributed by atoms with Crippen LogP contribution in [0.5, 0.6) is 0 Å². The van der Waals surface area contributed by atoms with Crippen LogP contribution in [0.2, 0.25) is 0 Å². The Morgan fingerprint density at radius 3 is 2.55 bits per heavy atom. The van der Waals surface area contributed by atoms with Crippen molar-refractivity contribution < 1.29 is 0 Å². The largest absolute Gasteiger partial charge is 0.350 e. The van der Waals surface area contributed by atoms with Gasteiger partial charge in [0.2, 0.25) is 5.13 Å². The van der Waals surface area contributed by atoms with Gasteiger partial charge in [-0.25, -0.2) is 15.0 Å². The van der Waals surface area contributed by atoms with Gasteiger partial charge in [0.25, 0.3) is 0 Å². The van der Waals surface area contributed by atoms with Crippen LogP contribution in [0.3, 0.4) is 0 Å². The highest BCUT2D eigenvalue weighted by Crippen LogP contribution is 2.35. The summed E-state index contributed by atoms with van der Waals surface area (Å²) < 4.78 is 4.29. The molecule has 3 heterocycles. The number of piperidine rings is 1. The molecule has 0 atom stereocenters. The molecule has 1 saturated heterocycles. The third kappa shape index (κ3) is 2.77. The van der Waals surface area contributed by atoms with Gasteiger partial charge < -0.3 is 9.80 Å². The van der Waals surface area contributed by atoms with E-state index >= 15 is 0 Å². The van der Waals surface area contributed by atoms with E-state index in [1.807, 2.05) is 19.2 Å². The van der Waals surface area contributed by atoms with E-state index < -0.39 is 0 Å². The summed E-state index contributed by atoms with van der Waals surface area (Å²) in [6.07, 6.45) is 8.39. The maximum atomic E-state index is 4.51. The first-order valence-corrected chi connectivity index (χ1v) is 8.68. The first-order valence-electron chi connectivity index (χ1n) is 7.91. The second-order valence-electron chi connectivity index (χ2n) is 6.05. The molecule has 1 aliphatic heterocycles. The van der Waals surface area contributed by atoms with Crippen LogP contribution in [0.4, 0.5) is 10.9 Å². The van der Waals surface area contributed by atoms with E-state index in [4.69, 9.17) is 0 Å². The molecule has 0 bridgehead atoms. The van der Waals surface area contributed by atoms with Gasteiger partial charge in [-0.05, 0) is 38.7 Å². The van der Waals surface area contributed by atoms with E-state index in [1.54, 1.807) is 6.33 Å². The molecule has 22 heavy (non-hydrogen) atoms. The van der Waals surface area contributed by atoms with Crippen molar-refractivity contribution >= 4 is 22.5 Å². The summed E-state index contributed by atoms with van der Waals surface area (Å²) >= 11 is 1.51. The normalized spacial score (nSPS) is 19.4. The van der Waals surface area contributed by atoms with Crippen molar-refractivity contribution in [3.05, 3.63) is 24.4 Å². The molecule has 1 aliphatic carbocycles. The predicted octanol–water partition coefficient (Wildman–Crippen LogP) is 2.27. The standard InChI is InChI=1S/C15H20N6S/c1-11-18-15(22-19-11)20-8-5-13(6-9-20)21(12-2-3-12)14-4-7-16-10-17-14/h4,7,10,12-13H,2-3,5-6,8-9H2,1H3. The average Bonchev–Trinajstić information content (AvgIpc) is 3.29. The van der Waals surface area contributed by atoms with Crippen molar-refractivity contribution in [1.82, 2.24) is 19.3 Å².